The Labute approximate surface area is 95.9 Å². The van der Waals surface area contributed by atoms with E-state index in [0.29, 0.717) is 25.9 Å². The van der Waals surface area contributed by atoms with Crippen LogP contribution in [0.25, 0.3) is 0 Å². The topological polar surface area (TPSA) is 57.6 Å². The van der Waals surface area contributed by atoms with Gasteiger partial charge in [0.05, 0.1) is 11.8 Å². The van der Waals surface area contributed by atoms with Gasteiger partial charge in [0, 0.05) is 13.1 Å². The van der Waals surface area contributed by atoms with Crippen molar-refractivity contribution in [3.8, 4) is 0 Å². The number of carbonyl (C=O) groups is 2. The first-order valence-electron chi connectivity index (χ1n) is 5.74. The summed E-state index contributed by atoms with van der Waals surface area (Å²) in [4.78, 5) is 24.8. The Hall–Kier alpha value is -1.32. The second-order valence-electron chi connectivity index (χ2n) is 4.15. The van der Waals surface area contributed by atoms with Crippen molar-refractivity contribution in [1.82, 2.24) is 4.90 Å². The van der Waals surface area contributed by atoms with Gasteiger partial charge in [-0.15, -0.1) is 6.58 Å². The van der Waals surface area contributed by atoms with E-state index in [9.17, 15) is 9.59 Å². The molecule has 16 heavy (non-hydrogen) atoms. The standard InChI is InChI=1S/C12H19NO3/c1-3-8-13(4-2)11(14)9-6-5-7-10(9)12(15)16/h3,9-10H,1,4-8H2,2H3,(H,15,16). The van der Waals surface area contributed by atoms with Crippen molar-refractivity contribution in [2.75, 3.05) is 13.1 Å². The fraction of sp³-hybridized carbons (Fsp3) is 0.667. The molecule has 0 saturated heterocycles. The number of amides is 1. The fourth-order valence-electron chi connectivity index (χ4n) is 2.32. The minimum absolute atomic E-state index is 0.0349. The van der Waals surface area contributed by atoms with Crippen LogP contribution in [0, 0.1) is 11.8 Å². The predicted molar refractivity (Wildman–Crippen MR) is 60.9 cm³/mol. The van der Waals surface area contributed by atoms with Crippen molar-refractivity contribution in [3.63, 3.8) is 0 Å². The molecule has 1 saturated carbocycles. The van der Waals surface area contributed by atoms with Crippen molar-refractivity contribution < 1.29 is 14.7 Å². The fourth-order valence-corrected chi connectivity index (χ4v) is 2.32. The van der Waals surface area contributed by atoms with Crippen LogP contribution in [0.5, 0.6) is 0 Å². The zero-order valence-electron chi connectivity index (χ0n) is 9.69. The van der Waals surface area contributed by atoms with E-state index < -0.39 is 11.9 Å². The molecule has 0 aromatic heterocycles. The lowest BCUT2D eigenvalue weighted by atomic mass is 9.94. The van der Waals surface area contributed by atoms with Crippen molar-refractivity contribution >= 4 is 11.9 Å². The number of likely N-dealkylation sites (N-methyl/N-ethyl adjacent to an activating group) is 1. The van der Waals surface area contributed by atoms with Gasteiger partial charge in [0.15, 0.2) is 0 Å². The average molecular weight is 225 g/mol. The molecule has 0 aromatic carbocycles. The average Bonchev–Trinajstić information content (AvgIpc) is 2.73. The van der Waals surface area contributed by atoms with E-state index in [-0.39, 0.29) is 11.8 Å². The first-order valence-corrected chi connectivity index (χ1v) is 5.74. The minimum Gasteiger partial charge on any atom is -0.481 e. The minimum atomic E-state index is -0.842. The lowest BCUT2D eigenvalue weighted by Crippen LogP contribution is -2.39. The van der Waals surface area contributed by atoms with Gasteiger partial charge in [0.25, 0.3) is 0 Å². The van der Waals surface area contributed by atoms with E-state index in [2.05, 4.69) is 6.58 Å². The number of carboxylic acid groups (broad SMARTS) is 1. The van der Waals surface area contributed by atoms with Crippen molar-refractivity contribution in [3.05, 3.63) is 12.7 Å². The Balaban J connectivity index is 2.71. The van der Waals surface area contributed by atoms with Crippen LogP contribution in [0.4, 0.5) is 0 Å². The van der Waals surface area contributed by atoms with Crippen molar-refractivity contribution in [1.29, 1.82) is 0 Å². The number of aliphatic carboxylic acids is 1. The molecular weight excluding hydrogens is 206 g/mol. The van der Waals surface area contributed by atoms with Crippen LogP contribution >= 0.6 is 0 Å². The van der Waals surface area contributed by atoms with Gasteiger partial charge in [0.2, 0.25) is 5.91 Å². The van der Waals surface area contributed by atoms with Crippen LogP contribution < -0.4 is 0 Å². The molecule has 0 radical (unpaired) electrons. The number of carboxylic acids is 1. The molecule has 2 atom stereocenters. The second-order valence-corrected chi connectivity index (χ2v) is 4.15. The van der Waals surface area contributed by atoms with Crippen LogP contribution in [0.15, 0.2) is 12.7 Å². The highest BCUT2D eigenvalue weighted by atomic mass is 16.4. The summed E-state index contributed by atoms with van der Waals surface area (Å²) in [6.45, 7) is 6.60. The third-order valence-electron chi connectivity index (χ3n) is 3.19. The van der Waals surface area contributed by atoms with Crippen molar-refractivity contribution in [2.24, 2.45) is 11.8 Å². The maximum absolute atomic E-state index is 12.1. The van der Waals surface area contributed by atoms with Crippen molar-refractivity contribution in [2.45, 2.75) is 26.2 Å². The zero-order valence-corrected chi connectivity index (χ0v) is 9.69. The zero-order chi connectivity index (χ0) is 12.1. The Kier molecular flexibility index (Phi) is 4.52. The van der Waals surface area contributed by atoms with Crippen LogP contribution in [0.3, 0.4) is 0 Å². The predicted octanol–water partition coefficient (Wildman–Crippen LogP) is 1.52. The van der Waals surface area contributed by atoms with Gasteiger partial charge in [-0.05, 0) is 19.8 Å². The van der Waals surface area contributed by atoms with E-state index >= 15 is 0 Å². The molecule has 0 aromatic rings. The Morgan fingerprint density at radius 1 is 1.44 bits per heavy atom. The van der Waals surface area contributed by atoms with E-state index in [1.54, 1.807) is 11.0 Å². The first-order chi connectivity index (χ1) is 7.61. The van der Waals surface area contributed by atoms with E-state index in [1.807, 2.05) is 6.92 Å². The smallest absolute Gasteiger partial charge is 0.307 e. The maximum Gasteiger partial charge on any atom is 0.307 e. The van der Waals surface area contributed by atoms with Crippen LogP contribution in [0.2, 0.25) is 0 Å². The summed E-state index contributed by atoms with van der Waals surface area (Å²) in [7, 11) is 0. The van der Waals surface area contributed by atoms with Gasteiger partial charge in [-0.1, -0.05) is 12.5 Å². The number of carbonyl (C=O) groups excluding carboxylic acids is 1. The van der Waals surface area contributed by atoms with Gasteiger partial charge in [-0.3, -0.25) is 9.59 Å². The molecule has 1 N–H and O–H groups in total. The summed E-state index contributed by atoms with van der Waals surface area (Å²) in [5.41, 5.74) is 0. The molecule has 4 nitrogen and oxygen atoms in total. The monoisotopic (exact) mass is 225 g/mol. The molecular formula is C12H19NO3. The van der Waals surface area contributed by atoms with Gasteiger partial charge in [-0.25, -0.2) is 0 Å². The van der Waals surface area contributed by atoms with Crippen LogP contribution in [-0.2, 0) is 9.59 Å². The Morgan fingerprint density at radius 3 is 2.56 bits per heavy atom. The number of hydrogen-bond acceptors (Lipinski definition) is 2. The molecule has 4 heteroatoms. The molecule has 1 rings (SSSR count). The normalized spacial score (nSPS) is 24.1. The lowest BCUT2D eigenvalue weighted by molar-refractivity contribution is -0.148. The molecule has 2 unspecified atom stereocenters. The Morgan fingerprint density at radius 2 is 2.06 bits per heavy atom. The van der Waals surface area contributed by atoms with Crippen LogP contribution in [0.1, 0.15) is 26.2 Å². The van der Waals surface area contributed by atoms with Gasteiger partial charge >= 0.3 is 5.97 Å². The summed E-state index contributed by atoms with van der Waals surface area (Å²) < 4.78 is 0. The molecule has 0 bridgehead atoms. The molecule has 0 aliphatic heterocycles. The molecule has 1 aliphatic carbocycles. The number of rotatable bonds is 5. The third-order valence-corrected chi connectivity index (χ3v) is 3.19. The van der Waals surface area contributed by atoms with Crippen LogP contribution in [-0.4, -0.2) is 35.0 Å². The lowest BCUT2D eigenvalue weighted by Gasteiger charge is -2.24. The summed E-state index contributed by atoms with van der Waals surface area (Å²) >= 11 is 0. The van der Waals surface area contributed by atoms with E-state index in [0.717, 1.165) is 6.42 Å². The molecule has 0 heterocycles. The SMILES string of the molecule is C=CCN(CC)C(=O)C1CCCC1C(=O)O. The molecule has 1 fully saturated rings. The highest BCUT2D eigenvalue weighted by Gasteiger charge is 2.39. The summed E-state index contributed by atoms with van der Waals surface area (Å²) in [5.74, 6) is -1.71. The summed E-state index contributed by atoms with van der Waals surface area (Å²) in [6.07, 6.45) is 3.83. The van der Waals surface area contributed by atoms with E-state index in [1.165, 1.54) is 0 Å². The number of nitrogens with zero attached hydrogens (tertiary/aromatic N) is 1. The third kappa shape index (κ3) is 2.62. The molecule has 90 valence electrons. The van der Waals surface area contributed by atoms with Gasteiger partial charge < -0.3 is 10.0 Å². The second kappa shape index (κ2) is 5.68. The van der Waals surface area contributed by atoms with E-state index in [4.69, 9.17) is 5.11 Å². The molecule has 0 spiro atoms. The summed E-state index contributed by atoms with van der Waals surface area (Å²) in [5, 5.41) is 9.03. The first kappa shape index (κ1) is 12.7. The quantitative estimate of drug-likeness (QED) is 0.722. The highest BCUT2D eigenvalue weighted by Crippen LogP contribution is 2.33. The Bertz CT molecular complexity index is 288. The molecule has 1 amide bonds. The van der Waals surface area contributed by atoms with Gasteiger partial charge in [0.1, 0.15) is 0 Å². The molecule has 1 aliphatic rings. The van der Waals surface area contributed by atoms with Gasteiger partial charge in [-0.2, -0.15) is 0 Å². The maximum atomic E-state index is 12.1. The number of hydrogen-bond donors (Lipinski definition) is 1. The largest absolute Gasteiger partial charge is 0.481 e. The summed E-state index contributed by atoms with van der Waals surface area (Å²) in [6, 6.07) is 0. The highest BCUT2D eigenvalue weighted by molar-refractivity contribution is 5.85.